The molecule has 6 heteroatoms. The van der Waals surface area contributed by atoms with E-state index >= 15 is 0 Å². The van der Waals surface area contributed by atoms with Gasteiger partial charge < -0.3 is 15.6 Å². The van der Waals surface area contributed by atoms with Gasteiger partial charge in [0.25, 0.3) is 5.91 Å². The monoisotopic (exact) mass is 311 g/mol. The molecule has 0 aliphatic heterocycles. The number of anilines is 1. The molecular formula is C14H15Cl2N3O. The highest BCUT2D eigenvalue weighted by atomic mass is 35.5. The zero-order valence-corrected chi connectivity index (χ0v) is 12.5. The summed E-state index contributed by atoms with van der Waals surface area (Å²) in [6.45, 7) is 3.59. The van der Waals surface area contributed by atoms with Crippen LogP contribution < -0.4 is 10.6 Å². The minimum Gasteiger partial charge on any atom is -0.340 e. The normalized spacial score (nSPS) is 10.6. The number of hydrogen-bond acceptors (Lipinski definition) is 2. The first kappa shape index (κ1) is 14.9. The third-order valence-corrected chi connectivity index (χ3v) is 3.49. The average molecular weight is 312 g/mol. The topological polar surface area (TPSA) is 56.9 Å². The molecule has 0 aliphatic carbocycles. The summed E-state index contributed by atoms with van der Waals surface area (Å²) < 4.78 is 0. The highest BCUT2D eigenvalue weighted by molar-refractivity contribution is 6.41. The molecule has 0 saturated heterocycles. The number of H-pyrrole nitrogens is 1. The van der Waals surface area contributed by atoms with Crippen molar-refractivity contribution in [3.8, 4) is 0 Å². The predicted octanol–water partition coefficient (Wildman–Crippen LogP) is 3.68. The fourth-order valence-electron chi connectivity index (χ4n) is 1.77. The molecule has 0 bridgehead atoms. The van der Waals surface area contributed by atoms with Crippen molar-refractivity contribution in [2.24, 2.45) is 0 Å². The van der Waals surface area contributed by atoms with Crippen molar-refractivity contribution in [3.63, 3.8) is 0 Å². The van der Waals surface area contributed by atoms with Gasteiger partial charge in [0.2, 0.25) is 0 Å². The van der Waals surface area contributed by atoms with Crippen LogP contribution in [-0.4, -0.2) is 17.4 Å². The van der Waals surface area contributed by atoms with Gasteiger partial charge in [0, 0.05) is 12.2 Å². The van der Waals surface area contributed by atoms with Crippen LogP contribution in [-0.2, 0) is 6.54 Å². The Morgan fingerprint density at radius 1 is 1.30 bits per heavy atom. The van der Waals surface area contributed by atoms with Crippen molar-refractivity contribution in [2.45, 2.75) is 13.5 Å². The van der Waals surface area contributed by atoms with Crippen LogP contribution in [0.15, 0.2) is 30.3 Å². The molecule has 0 aliphatic rings. The number of carbonyl (C=O) groups is 1. The number of carbonyl (C=O) groups excluding carboxylic acids is 1. The number of amides is 1. The van der Waals surface area contributed by atoms with Crippen LogP contribution in [0.3, 0.4) is 0 Å². The number of nitrogens with one attached hydrogen (secondary N) is 3. The van der Waals surface area contributed by atoms with Gasteiger partial charge in [-0.05, 0) is 24.2 Å². The van der Waals surface area contributed by atoms with Gasteiger partial charge >= 0.3 is 0 Å². The van der Waals surface area contributed by atoms with E-state index in [0.717, 1.165) is 17.8 Å². The Bertz CT molecular complexity index is 591. The Hall–Kier alpha value is -1.49. The van der Waals surface area contributed by atoms with Gasteiger partial charge in [-0.15, -0.1) is 0 Å². The fourth-order valence-corrected chi connectivity index (χ4v) is 2.08. The van der Waals surface area contributed by atoms with Crippen LogP contribution in [0.5, 0.6) is 0 Å². The van der Waals surface area contributed by atoms with E-state index in [2.05, 4.69) is 15.6 Å². The molecule has 0 fully saturated rings. The largest absolute Gasteiger partial charge is 0.340 e. The molecule has 0 atom stereocenters. The van der Waals surface area contributed by atoms with Crippen molar-refractivity contribution >= 4 is 34.8 Å². The minimum absolute atomic E-state index is 0.262. The standard InChI is InChI=1S/C14H15Cl2N3O/c1-2-17-8-9-5-3-4-6-11(9)19-14(20)12-7-10(15)13(16)18-12/h3-7,17-18H,2,8H2,1H3,(H,19,20). The van der Waals surface area contributed by atoms with E-state index < -0.39 is 0 Å². The maximum Gasteiger partial charge on any atom is 0.272 e. The van der Waals surface area contributed by atoms with E-state index in [1.165, 1.54) is 6.07 Å². The van der Waals surface area contributed by atoms with Crippen LogP contribution in [0.2, 0.25) is 10.2 Å². The minimum atomic E-state index is -0.275. The molecule has 0 unspecified atom stereocenters. The van der Waals surface area contributed by atoms with Crippen molar-refractivity contribution in [1.29, 1.82) is 0 Å². The lowest BCUT2D eigenvalue weighted by molar-refractivity contribution is 0.102. The van der Waals surface area contributed by atoms with Crippen LogP contribution >= 0.6 is 23.2 Å². The summed E-state index contributed by atoms with van der Waals surface area (Å²) in [4.78, 5) is 14.9. The van der Waals surface area contributed by atoms with Crippen molar-refractivity contribution in [1.82, 2.24) is 10.3 Å². The quantitative estimate of drug-likeness (QED) is 0.789. The maximum absolute atomic E-state index is 12.1. The Morgan fingerprint density at radius 3 is 2.70 bits per heavy atom. The number of halogens is 2. The predicted molar refractivity (Wildman–Crippen MR) is 82.6 cm³/mol. The van der Waals surface area contributed by atoms with E-state index in [4.69, 9.17) is 23.2 Å². The molecule has 0 radical (unpaired) electrons. The average Bonchev–Trinajstić information content (AvgIpc) is 2.78. The summed E-state index contributed by atoms with van der Waals surface area (Å²) in [5.41, 5.74) is 2.12. The van der Waals surface area contributed by atoms with Crippen molar-refractivity contribution in [2.75, 3.05) is 11.9 Å². The molecule has 1 aromatic carbocycles. The summed E-state index contributed by atoms with van der Waals surface area (Å²) in [6.07, 6.45) is 0. The second-order valence-corrected chi connectivity index (χ2v) is 5.02. The van der Waals surface area contributed by atoms with Crippen LogP contribution in [0.1, 0.15) is 23.0 Å². The summed E-state index contributed by atoms with van der Waals surface area (Å²) in [6, 6.07) is 9.14. The molecule has 106 valence electrons. The summed E-state index contributed by atoms with van der Waals surface area (Å²) in [7, 11) is 0. The SMILES string of the molecule is CCNCc1ccccc1NC(=O)c1cc(Cl)c(Cl)[nH]1. The molecule has 1 heterocycles. The lowest BCUT2D eigenvalue weighted by atomic mass is 10.1. The third kappa shape index (κ3) is 3.54. The molecule has 1 aromatic heterocycles. The summed E-state index contributed by atoms with van der Waals surface area (Å²) >= 11 is 11.6. The lowest BCUT2D eigenvalue weighted by Gasteiger charge is -2.10. The Labute approximate surface area is 127 Å². The third-order valence-electron chi connectivity index (χ3n) is 2.80. The van der Waals surface area contributed by atoms with Gasteiger partial charge in [-0.25, -0.2) is 0 Å². The second-order valence-electron chi connectivity index (χ2n) is 4.24. The Kier molecular flexibility index (Phi) is 5.06. The van der Waals surface area contributed by atoms with E-state index in [1.807, 2.05) is 31.2 Å². The molecule has 2 rings (SSSR count). The smallest absolute Gasteiger partial charge is 0.272 e. The highest BCUT2D eigenvalue weighted by Gasteiger charge is 2.13. The molecule has 0 saturated carbocycles. The molecule has 20 heavy (non-hydrogen) atoms. The van der Waals surface area contributed by atoms with Crippen LogP contribution in [0.4, 0.5) is 5.69 Å². The number of rotatable bonds is 5. The summed E-state index contributed by atoms with van der Waals surface area (Å²) in [5, 5.41) is 6.67. The fraction of sp³-hybridized carbons (Fsp3) is 0.214. The van der Waals surface area contributed by atoms with E-state index in [0.29, 0.717) is 17.3 Å². The molecule has 2 aromatic rings. The van der Waals surface area contributed by atoms with Crippen LogP contribution in [0.25, 0.3) is 0 Å². The molecule has 1 amide bonds. The molecule has 4 nitrogen and oxygen atoms in total. The van der Waals surface area contributed by atoms with Crippen molar-refractivity contribution in [3.05, 3.63) is 51.8 Å². The van der Waals surface area contributed by atoms with Gasteiger partial charge in [0.1, 0.15) is 10.8 Å². The van der Waals surface area contributed by atoms with Crippen LogP contribution in [0, 0.1) is 0 Å². The van der Waals surface area contributed by atoms with Gasteiger partial charge in [0.15, 0.2) is 0 Å². The van der Waals surface area contributed by atoms with E-state index in [1.54, 1.807) is 0 Å². The zero-order chi connectivity index (χ0) is 14.5. The lowest BCUT2D eigenvalue weighted by Crippen LogP contribution is -2.17. The van der Waals surface area contributed by atoms with Gasteiger partial charge in [-0.1, -0.05) is 48.3 Å². The number of aromatic amines is 1. The van der Waals surface area contributed by atoms with Gasteiger partial charge in [-0.3, -0.25) is 4.79 Å². The molecule has 3 N–H and O–H groups in total. The highest BCUT2D eigenvalue weighted by Crippen LogP contribution is 2.23. The number of benzene rings is 1. The first-order valence-corrected chi connectivity index (χ1v) is 7.01. The first-order chi connectivity index (χ1) is 9.61. The van der Waals surface area contributed by atoms with E-state index in [9.17, 15) is 4.79 Å². The zero-order valence-electron chi connectivity index (χ0n) is 11.0. The Balaban J connectivity index is 2.15. The van der Waals surface area contributed by atoms with Crippen molar-refractivity contribution < 1.29 is 4.79 Å². The Morgan fingerprint density at radius 2 is 2.05 bits per heavy atom. The number of hydrogen-bond donors (Lipinski definition) is 3. The van der Waals surface area contributed by atoms with Gasteiger partial charge in [-0.2, -0.15) is 0 Å². The number of para-hydroxylation sites is 1. The molecule has 0 spiro atoms. The summed E-state index contributed by atoms with van der Waals surface area (Å²) in [5.74, 6) is -0.275. The number of aromatic nitrogens is 1. The second kappa shape index (κ2) is 6.79. The maximum atomic E-state index is 12.1. The first-order valence-electron chi connectivity index (χ1n) is 6.25. The van der Waals surface area contributed by atoms with E-state index in [-0.39, 0.29) is 11.1 Å². The van der Waals surface area contributed by atoms with Gasteiger partial charge in [0.05, 0.1) is 5.02 Å². The molecular weight excluding hydrogens is 297 g/mol.